The normalized spacial score (nSPS) is 12.4. The van der Waals surface area contributed by atoms with E-state index in [-0.39, 0.29) is 6.61 Å². The van der Waals surface area contributed by atoms with Crippen LogP contribution in [0.4, 0.5) is 5.69 Å². The molecular weight excluding hydrogens is 190 g/mol. The van der Waals surface area contributed by atoms with Gasteiger partial charge in [0.25, 0.3) is 0 Å². The lowest BCUT2D eigenvalue weighted by molar-refractivity contribution is -0.386. The molecular formula is C7H9N3O4. The number of aromatic nitrogens is 1. The van der Waals surface area contributed by atoms with Crippen molar-refractivity contribution in [1.29, 1.82) is 0 Å². The second-order valence-corrected chi connectivity index (χ2v) is 2.69. The number of nitrogens with zero attached hydrogens (tertiary/aromatic N) is 1. The maximum atomic E-state index is 10.9. The fourth-order valence-electron chi connectivity index (χ4n) is 0.943. The van der Waals surface area contributed by atoms with E-state index in [9.17, 15) is 14.9 Å². The summed E-state index contributed by atoms with van der Waals surface area (Å²) in [5, 5.41) is 19.1. The molecule has 7 nitrogen and oxygen atoms in total. The van der Waals surface area contributed by atoms with E-state index in [0.717, 1.165) is 6.07 Å². The van der Waals surface area contributed by atoms with Gasteiger partial charge in [-0.15, -0.1) is 0 Å². The average molecular weight is 199 g/mol. The highest BCUT2D eigenvalue weighted by molar-refractivity contribution is 5.31. The number of aliphatic hydroxyl groups excluding tert-OH is 1. The third-order valence-corrected chi connectivity index (χ3v) is 1.73. The maximum Gasteiger partial charge on any atom is 0.334 e. The Morgan fingerprint density at radius 1 is 1.71 bits per heavy atom. The van der Waals surface area contributed by atoms with Crippen LogP contribution in [0.1, 0.15) is 11.6 Å². The minimum Gasteiger partial charge on any atom is -0.394 e. The van der Waals surface area contributed by atoms with Crippen LogP contribution >= 0.6 is 0 Å². The van der Waals surface area contributed by atoms with Gasteiger partial charge < -0.3 is 15.8 Å². The number of nitrogens with one attached hydrogen (secondary N) is 1. The molecule has 0 amide bonds. The predicted molar refractivity (Wildman–Crippen MR) is 47.7 cm³/mol. The summed E-state index contributed by atoms with van der Waals surface area (Å²) >= 11 is 0. The van der Waals surface area contributed by atoms with Crippen molar-refractivity contribution in [2.24, 2.45) is 5.73 Å². The molecule has 0 saturated carbocycles. The van der Waals surface area contributed by atoms with Crippen molar-refractivity contribution in [3.63, 3.8) is 0 Å². The van der Waals surface area contributed by atoms with E-state index in [4.69, 9.17) is 10.8 Å². The van der Waals surface area contributed by atoms with Crippen LogP contribution in [0.15, 0.2) is 17.1 Å². The molecule has 76 valence electrons. The van der Waals surface area contributed by atoms with Crippen molar-refractivity contribution in [2.45, 2.75) is 6.04 Å². The Hall–Kier alpha value is -1.73. The summed E-state index contributed by atoms with van der Waals surface area (Å²) in [5.74, 6) is 0. The summed E-state index contributed by atoms with van der Waals surface area (Å²) in [5.41, 5.74) is 4.37. The highest BCUT2D eigenvalue weighted by Gasteiger charge is 2.15. The number of rotatable bonds is 3. The molecule has 1 atom stereocenters. The van der Waals surface area contributed by atoms with Gasteiger partial charge in [0.1, 0.15) is 0 Å². The Morgan fingerprint density at radius 2 is 2.36 bits per heavy atom. The number of nitrogens with two attached hydrogens (primary N) is 1. The first-order valence-electron chi connectivity index (χ1n) is 3.79. The second-order valence-electron chi connectivity index (χ2n) is 2.69. The monoisotopic (exact) mass is 199 g/mol. The van der Waals surface area contributed by atoms with Gasteiger partial charge in [0.2, 0.25) is 0 Å². The largest absolute Gasteiger partial charge is 0.394 e. The van der Waals surface area contributed by atoms with Crippen LogP contribution < -0.4 is 11.3 Å². The quantitative estimate of drug-likeness (QED) is 0.437. The summed E-state index contributed by atoms with van der Waals surface area (Å²) in [7, 11) is 0. The minimum atomic E-state index is -0.799. The molecule has 0 aliphatic heterocycles. The maximum absolute atomic E-state index is 10.9. The van der Waals surface area contributed by atoms with Gasteiger partial charge in [0, 0.05) is 12.3 Å². The summed E-state index contributed by atoms with van der Waals surface area (Å²) in [6.07, 6.45) is 1.25. The van der Waals surface area contributed by atoms with E-state index in [1.165, 1.54) is 6.20 Å². The van der Waals surface area contributed by atoms with Gasteiger partial charge in [0.15, 0.2) is 0 Å². The Kier molecular flexibility index (Phi) is 2.95. The van der Waals surface area contributed by atoms with Crippen LogP contribution in [0.5, 0.6) is 0 Å². The van der Waals surface area contributed by atoms with Crippen LogP contribution in [-0.4, -0.2) is 21.6 Å². The van der Waals surface area contributed by atoms with Gasteiger partial charge in [-0.1, -0.05) is 0 Å². The van der Waals surface area contributed by atoms with Crippen molar-refractivity contribution in [1.82, 2.24) is 4.98 Å². The minimum absolute atomic E-state index is 0.318. The van der Waals surface area contributed by atoms with Crippen molar-refractivity contribution >= 4 is 5.69 Å². The molecule has 1 rings (SSSR count). The fourth-order valence-corrected chi connectivity index (χ4v) is 0.943. The van der Waals surface area contributed by atoms with Crippen molar-refractivity contribution in [2.75, 3.05) is 6.61 Å². The number of H-pyrrole nitrogens is 1. The van der Waals surface area contributed by atoms with Crippen molar-refractivity contribution < 1.29 is 10.0 Å². The van der Waals surface area contributed by atoms with E-state index in [0.29, 0.717) is 5.56 Å². The van der Waals surface area contributed by atoms with Gasteiger partial charge in [-0.05, 0) is 5.56 Å². The van der Waals surface area contributed by atoms with Crippen molar-refractivity contribution in [3.8, 4) is 0 Å². The topological polar surface area (TPSA) is 122 Å². The molecule has 7 heteroatoms. The van der Waals surface area contributed by atoms with Crippen LogP contribution in [0.2, 0.25) is 0 Å². The van der Waals surface area contributed by atoms with Crippen LogP contribution in [0, 0.1) is 10.1 Å². The number of hydrogen-bond donors (Lipinski definition) is 3. The Bertz CT molecular complexity index is 400. The van der Waals surface area contributed by atoms with E-state index >= 15 is 0 Å². The summed E-state index contributed by atoms with van der Waals surface area (Å²) in [4.78, 5) is 22.7. The molecule has 0 fully saturated rings. The fraction of sp³-hybridized carbons (Fsp3) is 0.286. The molecule has 0 bridgehead atoms. The van der Waals surface area contributed by atoms with Crippen LogP contribution in [0.25, 0.3) is 0 Å². The van der Waals surface area contributed by atoms with Gasteiger partial charge in [-0.25, -0.2) is 0 Å². The van der Waals surface area contributed by atoms with Gasteiger partial charge in [-0.2, -0.15) is 0 Å². The first-order chi connectivity index (χ1) is 6.56. The molecule has 0 saturated heterocycles. The molecule has 4 N–H and O–H groups in total. The zero-order valence-corrected chi connectivity index (χ0v) is 7.14. The average Bonchev–Trinajstić information content (AvgIpc) is 2.17. The summed E-state index contributed by atoms with van der Waals surface area (Å²) in [6.45, 7) is -0.344. The van der Waals surface area contributed by atoms with E-state index in [1.54, 1.807) is 0 Å². The Balaban J connectivity index is 3.19. The zero-order valence-electron chi connectivity index (χ0n) is 7.14. The third-order valence-electron chi connectivity index (χ3n) is 1.73. The first kappa shape index (κ1) is 10.4. The zero-order chi connectivity index (χ0) is 10.7. The number of aromatic amines is 1. The lowest BCUT2D eigenvalue weighted by Crippen LogP contribution is -2.18. The second kappa shape index (κ2) is 3.99. The standard InChI is InChI=1S/C7H9N3O4/c8-5(3-11)4-1-6(10(13)14)7(12)9-2-4/h1-2,5,11H,3,8H2,(H,9,12)/t5-/m1/s1. The molecule has 1 heterocycles. The number of pyridine rings is 1. The Morgan fingerprint density at radius 3 is 2.86 bits per heavy atom. The number of aliphatic hydroxyl groups is 1. The SMILES string of the molecule is N[C@H](CO)c1c[nH]c(=O)c([N+](=O)[O-])c1. The van der Waals surface area contributed by atoms with E-state index < -0.39 is 22.2 Å². The van der Waals surface area contributed by atoms with Gasteiger partial charge >= 0.3 is 11.2 Å². The first-order valence-corrected chi connectivity index (χ1v) is 3.79. The van der Waals surface area contributed by atoms with Crippen LogP contribution in [0.3, 0.4) is 0 Å². The molecule has 14 heavy (non-hydrogen) atoms. The summed E-state index contributed by atoms with van der Waals surface area (Å²) < 4.78 is 0. The molecule has 0 radical (unpaired) electrons. The predicted octanol–water partition coefficient (Wildman–Crippen LogP) is -0.725. The highest BCUT2D eigenvalue weighted by Crippen LogP contribution is 2.11. The molecule has 0 aliphatic rings. The number of hydrogen-bond acceptors (Lipinski definition) is 5. The molecule has 0 aromatic carbocycles. The molecule has 1 aromatic rings. The third kappa shape index (κ3) is 1.95. The number of nitro groups is 1. The molecule has 0 spiro atoms. The molecule has 0 unspecified atom stereocenters. The molecule has 0 aliphatic carbocycles. The van der Waals surface area contributed by atoms with Gasteiger partial charge in [0.05, 0.1) is 17.6 Å². The Labute approximate surface area is 78.3 Å². The van der Waals surface area contributed by atoms with Crippen molar-refractivity contribution in [3.05, 3.63) is 38.3 Å². The van der Waals surface area contributed by atoms with Gasteiger partial charge in [-0.3, -0.25) is 14.9 Å². The lowest BCUT2D eigenvalue weighted by Gasteiger charge is -2.06. The van der Waals surface area contributed by atoms with E-state index in [1.807, 2.05) is 0 Å². The highest BCUT2D eigenvalue weighted by atomic mass is 16.6. The molecule has 1 aromatic heterocycles. The summed E-state index contributed by atoms with van der Waals surface area (Å²) in [6, 6.07) is 0.324. The lowest BCUT2D eigenvalue weighted by atomic mass is 10.1. The van der Waals surface area contributed by atoms with E-state index in [2.05, 4.69) is 4.98 Å². The smallest absolute Gasteiger partial charge is 0.334 e. The van der Waals surface area contributed by atoms with Crippen LogP contribution in [-0.2, 0) is 0 Å².